The molecule has 75 valence electrons. The SMILES string of the molecule is [CH2]CCCC(=O)N1CCOC(C)C1. The molecule has 0 aromatic heterocycles. The van der Waals surface area contributed by atoms with Gasteiger partial charge < -0.3 is 9.64 Å². The number of ether oxygens (including phenoxy) is 1. The van der Waals surface area contributed by atoms with Gasteiger partial charge >= 0.3 is 0 Å². The van der Waals surface area contributed by atoms with Crippen molar-refractivity contribution in [2.45, 2.75) is 32.3 Å². The Morgan fingerprint density at radius 2 is 2.46 bits per heavy atom. The summed E-state index contributed by atoms with van der Waals surface area (Å²) in [6.45, 7) is 7.90. The van der Waals surface area contributed by atoms with Gasteiger partial charge in [0.15, 0.2) is 0 Å². The van der Waals surface area contributed by atoms with Gasteiger partial charge in [0, 0.05) is 19.5 Å². The standard InChI is InChI=1S/C10H18NO2/c1-3-4-5-10(12)11-6-7-13-9(2)8-11/h9H,1,3-8H2,2H3. The number of morpholine rings is 1. The van der Waals surface area contributed by atoms with Gasteiger partial charge in [0.05, 0.1) is 12.7 Å². The highest BCUT2D eigenvalue weighted by atomic mass is 16.5. The number of rotatable bonds is 3. The van der Waals surface area contributed by atoms with Gasteiger partial charge in [-0.3, -0.25) is 4.79 Å². The summed E-state index contributed by atoms with van der Waals surface area (Å²) >= 11 is 0. The molecule has 1 aliphatic heterocycles. The van der Waals surface area contributed by atoms with Crippen molar-refractivity contribution in [3.05, 3.63) is 6.92 Å². The number of nitrogens with zero attached hydrogens (tertiary/aromatic N) is 1. The molecule has 1 atom stereocenters. The van der Waals surface area contributed by atoms with Crippen LogP contribution >= 0.6 is 0 Å². The van der Waals surface area contributed by atoms with Gasteiger partial charge in [0.2, 0.25) is 5.91 Å². The van der Waals surface area contributed by atoms with Crippen LogP contribution < -0.4 is 0 Å². The van der Waals surface area contributed by atoms with Gasteiger partial charge in [0.1, 0.15) is 0 Å². The molecule has 1 fully saturated rings. The topological polar surface area (TPSA) is 29.5 Å². The van der Waals surface area contributed by atoms with E-state index >= 15 is 0 Å². The number of amides is 1. The summed E-state index contributed by atoms with van der Waals surface area (Å²) in [5.74, 6) is 0.249. The minimum atomic E-state index is 0.192. The Balaban J connectivity index is 2.28. The molecule has 1 rings (SSSR count). The lowest BCUT2D eigenvalue weighted by atomic mass is 10.2. The Bertz CT molecular complexity index is 170. The highest BCUT2D eigenvalue weighted by Gasteiger charge is 2.20. The van der Waals surface area contributed by atoms with Crippen LogP contribution in [0, 0.1) is 6.92 Å². The van der Waals surface area contributed by atoms with Gasteiger partial charge in [-0.15, -0.1) is 0 Å². The Kier molecular flexibility index (Phi) is 4.22. The first-order chi connectivity index (χ1) is 6.24. The number of hydrogen-bond donors (Lipinski definition) is 0. The fourth-order valence-electron chi connectivity index (χ4n) is 1.48. The summed E-state index contributed by atoms with van der Waals surface area (Å²) < 4.78 is 5.36. The third-order valence-corrected chi connectivity index (χ3v) is 2.23. The van der Waals surface area contributed by atoms with Crippen LogP contribution in [0.25, 0.3) is 0 Å². The first-order valence-corrected chi connectivity index (χ1v) is 4.92. The van der Waals surface area contributed by atoms with Crippen LogP contribution in [-0.4, -0.2) is 36.6 Å². The number of hydrogen-bond acceptors (Lipinski definition) is 2. The lowest BCUT2D eigenvalue weighted by Crippen LogP contribution is -2.44. The quantitative estimate of drug-likeness (QED) is 0.660. The minimum absolute atomic E-state index is 0.192. The zero-order valence-corrected chi connectivity index (χ0v) is 8.29. The largest absolute Gasteiger partial charge is 0.375 e. The van der Waals surface area contributed by atoms with Crippen LogP contribution in [0.5, 0.6) is 0 Å². The van der Waals surface area contributed by atoms with Gasteiger partial charge in [-0.25, -0.2) is 0 Å². The van der Waals surface area contributed by atoms with Gasteiger partial charge in [-0.2, -0.15) is 0 Å². The molecule has 13 heavy (non-hydrogen) atoms. The number of carbonyl (C=O) groups is 1. The maximum Gasteiger partial charge on any atom is 0.222 e. The average molecular weight is 184 g/mol. The smallest absolute Gasteiger partial charge is 0.222 e. The molecule has 1 amide bonds. The fraction of sp³-hybridized carbons (Fsp3) is 0.800. The molecule has 0 aromatic rings. The molecule has 0 N–H and O–H groups in total. The highest BCUT2D eigenvalue weighted by Crippen LogP contribution is 2.07. The molecule has 3 heteroatoms. The van der Waals surface area contributed by atoms with E-state index in [1.807, 2.05) is 11.8 Å². The van der Waals surface area contributed by atoms with Crippen molar-refractivity contribution < 1.29 is 9.53 Å². The molecule has 3 nitrogen and oxygen atoms in total. The Morgan fingerprint density at radius 1 is 1.69 bits per heavy atom. The molecule has 0 aromatic carbocycles. The van der Waals surface area contributed by atoms with E-state index in [-0.39, 0.29) is 12.0 Å². The van der Waals surface area contributed by atoms with E-state index < -0.39 is 0 Å². The van der Waals surface area contributed by atoms with Crippen molar-refractivity contribution in [1.29, 1.82) is 0 Å². The monoisotopic (exact) mass is 184 g/mol. The first-order valence-electron chi connectivity index (χ1n) is 4.92. The zero-order valence-electron chi connectivity index (χ0n) is 8.29. The van der Waals surface area contributed by atoms with Crippen LogP contribution in [0.1, 0.15) is 26.2 Å². The lowest BCUT2D eigenvalue weighted by Gasteiger charge is -2.31. The minimum Gasteiger partial charge on any atom is -0.375 e. The summed E-state index contributed by atoms with van der Waals surface area (Å²) in [7, 11) is 0. The fourth-order valence-corrected chi connectivity index (χ4v) is 1.48. The van der Waals surface area contributed by atoms with E-state index in [9.17, 15) is 4.79 Å². The van der Waals surface area contributed by atoms with Crippen molar-refractivity contribution in [2.75, 3.05) is 19.7 Å². The molecule has 0 aliphatic carbocycles. The second-order valence-corrected chi connectivity index (χ2v) is 3.48. The van der Waals surface area contributed by atoms with Crippen LogP contribution in [0.2, 0.25) is 0 Å². The van der Waals surface area contributed by atoms with E-state index in [0.29, 0.717) is 13.0 Å². The Morgan fingerprint density at radius 3 is 3.08 bits per heavy atom. The van der Waals surface area contributed by atoms with E-state index in [0.717, 1.165) is 25.9 Å². The molecular weight excluding hydrogens is 166 g/mol. The lowest BCUT2D eigenvalue weighted by molar-refractivity contribution is -0.138. The van der Waals surface area contributed by atoms with Gasteiger partial charge in [0.25, 0.3) is 0 Å². The van der Waals surface area contributed by atoms with Crippen molar-refractivity contribution in [3.63, 3.8) is 0 Å². The molecule has 1 radical (unpaired) electrons. The van der Waals surface area contributed by atoms with Crippen LogP contribution in [0.15, 0.2) is 0 Å². The maximum atomic E-state index is 11.5. The predicted octanol–water partition coefficient (Wildman–Crippen LogP) is 1.24. The molecule has 0 spiro atoms. The molecular formula is C10H18NO2. The van der Waals surface area contributed by atoms with Crippen molar-refractivity contribution >= 4 is 5.91 Å². The van der Waals surface area contributed by atoms with Crippen LogP contribution in [0.3, 0.4) is 0 Å². The van der Waals surface area contributed by atoms with E-state index in [1.165, 1.54) is 0 Å². The normalized spacial score (nSPS) is 23.2. The van der Waals surface area contributed by atoms with Gasteiger partial charge in [-0.05, 0) is 13.3 Å². The number of carbonyl (C=O) groups excluding carboxylic acids is 1. The Labute approximate surface area is 80.1 Å². The van der Waals surface area contributed by atoms with Crippen LogP contribution in [0.4, 0.5) is 0 Å². The Hall–Kier alpha value is -0.570. The summed E-state index contributed by atoms with van der Waals surface area (Å²) in [5, 5.41) is 0. The maximum absolute atomic E-state index is 11.5. The number of unbranched alkanes of at least 4 members (excludes halogenated alkanes) is 1. The van der Waals surface area contributed by atoms with Crippen molar-refractivity contribution in [1.82, 2.24) is 4.90 Å². The van der Waals surface area contributed by atoms with Crippen LogP contribution in [-0.2, 0) is 9.53 Å². The second kappa shape index (κ2) is 5.22. The molecule has 0 saturated carbocycles. The molecule has 0 bridgehead atoms. The summed E-state index contributed by atoms with van der Waals surface area (Å²) in [5.41, 5.74) is 0. The third-order valence-electron chi connectivity index (χ3n) is 2.23. The second-order valence-electron chi connectivity index (χ2n) is 3.48. The van der Waals surface area contributed by atoms with E-state index in [4.69, 9.17) is 4.74 Å². The third kappa shape index (κ3) is 3.35. The van der Waals surface area contributed by atoms with Crippen molar-refractivity contribution in [3.8, 4) is 0 Å². The van der Waals surface area contributed by atoms with Gasteiger partial charge in [-0.1, -0.05) is 13.3 Å². The highest BCUT2D eigenvalue weighted by molar-refractivity contribution is 5.76. The molecule has 1 saturated heterocycles. The van der Waals surface area contributed by atoms with E-state index in [1.54, 1.807) is 0 Å². The predicted molar refractivity (Wildman–Crippen MR) is 51.2 cm³/mol. The molecule has 1 aliphatic rings. The first kappa shape index (κ1) is 10.5. The van der Waals surface area contributed by atoms with Crippen molar-refractivity contribution in [2.24, 2.45) is 0 Å². The summed E-state index contributed by atoms with van der Waals surface area (Å²) in [6, 6.07) is 0. The van der Waals surface area contributed by atoms with E-state index in [2.05, 4.69) is 6.92 Å². The molecule has 1 unspecified atom stereocenters. The summed E-state index contributed by atoms with van der Waals surface area (Å²) in [6.07, 6.45) is 2.56. The average Bonchev–Trinajstić information content (AvgIpc) is 2.14. The summed E-state index contributed by atoms with van der Waals surface area (Å²) in [4.78, 5) is 13.4. The molecule has 1 heterocycles. The zero-order chi connectivity index (χ0) is 9.68.